The van der Waals surface area contributed by atoms with Gasteiger partial charge in [0.2, 0.25) is 0 Å². The lowest BCUT2D eigenvalue weighted by atomic mass is 10.1. The Kier molecular flexibility index (Phi) is 7.35. The second-order valence-corrected chi connectivity index (χ2v) is 6.82. The van der Waals surface area contributed by atoms with Crippen molar-refractivity contribution < 1.29 is 23.3 Å². The number of ether oxygens (including phenoxy) is 2. The lowest BCUT2D eigenvalue weighted by molar-refractivity contribution is -0.124. The van der Waals surface area contributed by atoms with E-state index in [0.717, 1.165) is 11.3 Å². The minimum absolute atomic E-state index is 0.208. The number of benzene rings is 2. The first-order valence-corrected chi connectivity index (χ1v) is 9.56. The quantitative estimate of drug-likeness (QED) is 0.713. The predicted octanol–water partition coefficient (Wildman–Crippen LogP) is 1.95. The molecule has 6 nitrogen and oxygen atoms in total. The third-order valence-corrected chi connectivity index (χ3v) is 4.62. The summed E-state index contributed by atoms with van der Waals surface area (Å²) in [7, 11) is 0.290. The number of hydrogen-bond acceptors (Lipinski definition) is 5. The Morgan fingerprint density at radius 2 is 1.77 bits per heavy atom. The second kappa shape index (κ2) is 9.72. The van der Waals surface area contributed by atoms with Gasteiger partial charge in [-0.1, -0.05) is 24.3 Å². The summed E-state index contributed by atoms with van der Waals surface area (Å²) in [4.78, 5) is 24.3. The summed E-state index contributed by atoms with van der Waals surface area (Å²) in [6.45, 7) is 0.0460. The van der Waals surface area contributed by atoms with Gasteiger partial charge in [-0.25, -0.2) is 4.79 Å². The van der Waals surface area contributed by atoms with Crippen molar-refractivity contribution in [2.45, 2.75) is 11.3 Å². The van der Waals surface area contributed by atoms with E-state index in [9.17, 15) is 13.8 Å². The Morgan fingerprint density at radius 1 is 1.08 bits per heavy atom. The van der Waals surface area contributed by atoms with Gasteiger partial charge in [0, 0.05) is 12.8 Å². The number of methoxy groups -OCH3 is 1. The van der Waals surface area contributed by atoms with E-state index in [0.29, 0.717) is 17.9 Å². The molecule has 7 heteroatoms. The summed E-state index contributed by atoms with van der Waals surface area (Å²) in [5, 5.41) is 2.70. The Balaban J connectivity index is 1.78. The van der Waals surface area contributed by atoms with E-state index in [4.69, 9.17) is 9.47 Å². The fourth-order valence-corrected chi connectivity index (χ4v) is 3.02. The van der Waals surface area contributed by atoms with Gasteiger partial charge >= 0.3 is 5.97 Å². The Morgan fingerprint density at radius 3 is 2.42 bits per heavy atom. The SMILES string of the molecule is COc1ccc(CCNC(=O)COC(=O)c2ccccc2[S@](C)=O)cc1. The average Bonchev–Trinajstić information content (AvgIpc) is 2.66. The van der Waals surface area contributed by atoms with Crippen LogP contribution in [0, 0.1) is 0 Å². The normalized spacial score (nSPS) is 11.5. The van der Waals surface area contributed by atoms with Crippen LogP contribution in [0.15, 0.2) is 53.4 Å². The van der Waals surface area contributed by atoms with E-state index in [-0.39, 0.29) is 18.1 Å². The molecule has 0 aliphatic carbocycles. The fourth-order valence-electron chi connectivity index (χ4n) is 2.28. The van der Waals surface area contributed by atoms with Gasteiger partial charge < -0.3 is 14.8 Å². The van der Waals surface area contributed by atoms with Crippen LogP contribution in [0.1, 0.15) is 15.9 Å². The Hall–Kier alpha value is -2.67. The zero-order chi connectivity index (χ0) is 18.9. The van der Waals surface area contributed by atoms with Crippen molar-refractivity contribution in [3.8, 4) is 5.75 Å². The largest absolute Gasteiger partial charge is 0.497 e. The van der Waals surface area contributed by atoms with Crippen molar-refractivity contribution in [3.05, 3.63) is 59.7 Å². The highest BCUT2D eigenvalue weighted by Crippen LogP contribution is 2.14. The first-order chi connectivity index (χ1) is 12.5. The fraction of sp³-hybridized carbons (Fsp3) is 0.263. The maximum absolute atomic E-state index is 12.1. The Bertz CT molecular complexity index is 789. The van der Waals surface area contributed by atoms with Crippen LogP contribution >= 0.6 is 0 Å². The van der Waals surface area contributed by atoms with Crippen molar-refractivity contribution in [2.24, 2.45) is 0 Å². The smallest absolute Gasteiger partial charge is 0.339 e. The van der Waals surface area contributed by atoms with Gasteiger partial charge in [-0.2, -0.15) is 0 Å². The highest BCUT2D eigenvalue weighted by atomic mass is 32.2. The maximum atomic E-state index is 12.1. The van der Waals surface area contributed by atoms with Crippen LogP contribution in [-0.4, -0.2) is 42.6 Å². The third-order valence-electron chi connectivity index (χ3n) is 3.65. The van der Waals surface area contributed by atoms with Crippen LogP contribution in [-0.2, 0) is 26.8 Å². The highest BCUT2D eigenvalue weighted by Gasteiger charge is 2.15. The molecule has 1 atom stereocenters. The molecule has 0 aromatic heterocycles. The molecule has 0 aliphatic heterocycles. The van der Waals surface area contributed by atoms with E-state index >= 15 is 0 Å². The molecule has 0 saturated heterocycles. The maximum Gasteiger partial charge on any atom is 0.339 e. The second-order valence-electron chi connectivity index (χ2n) is 5.47. The molecule has 1 N–H and O–H groups in total. The van der Waals surface area contributed by atoms with Gasteiger partial charge in [0.1, 0.15) is 5.75 Å². The molecule has 0 radical (unpaired) electrons. The molecule has 0 heterocycles. The van der Waals surface area contributed by atoms with E-state index in [2.05, 4.69) is 5.32 Å². The van der Waals surface area contributed by atoms with Crippen LogP contribution in [0.5, 0.6) is 5.75 Å². The molecule has 138 valence electrons. The van der Waals surface area contributed by atoms with Crippen LogP contribution in [0.3, 0.4) is 0 Å². The molecule has 2 aromatic carbocycles. The lowest BCUT2D eigenvalue weighted by Crippen LogP contribution is -2.30. The summed E-state index contributed by atoms with van der Waals surface area (Å²) in [6, 6.07) is 14.0. The zero-order valence-electron chi connectivity index (χ0n) is 14.7. The minimum Gasteiger partial charge on any atom is -0.497 e. The van der Waals surface area contributed by atoms with E-state index in [1.54, 1.807) is 25.3 Å². The summed E-state index contributed by atoms with van der Waals surface area (Å²) >= 11 is 0. The topological polar surface area (TPSA) is 81.7 Å². The van der Waals surface area contributed by atoms with Crippen LogP contribution in [0.25, 0.3) is 0 Å². The molecule has 0 spiro atoms. The Labute approximate surface area is 155 Å². The molecule has 0 bridgehead atoms. The van der Waals surface area contributed by atoms with Crippen LogP contribution < -0.4 is 10.1 Å². The predicted molar refractivity (Wildman–Crippen MR) is 98.8 cm³/mol. The van der Waals surface area contributed by atoms with Gasteiger partial charge in [0.15, 0.2) is 6.61 Å². The molecule has 0 aliphatic rings. The molecule has 26 heavy (non-hydrogen) atoms. The number of nitrogens with one attached hydrogen (secondary N) is 1. The molecule has 1 amide bonds. The zero-order valence-corrected chi connectivity index (χ0v) is 15.5. The summed E-state index contributed by atoms with van der Waals surface area (Å²) in [6.07, 6.45) is 2.14. The highest BCUT2D eigenvalue weighted by molar-refractivity contribution is 7.84. The molecule has 0 unspecified atom stereocenters. The molecule has 2 rings (SSSR count). The summed E-state index contributed by atoms with van der Waals surface area (Å²) < 4.78 is 21.7. The van der Waals surface area contributed by atoms with E-state index in [1.165, 1.54) is 12.3 Å². The summed E-state index contributed by atoms with van der Waals surface area (Å²) in [5.74, 6) is -0.277. The molecule has 2 aromatic rings. The van der Waals surface area contributed by atoms with Crippen molar-refractivity contribution in [1.29, 1.82) is 0 Å². The third kappa shape index (κ3) is 5.70. The van der Waals surface area contributed by atoms with Gasteiger partial charge in [-0.3, -0.25) is 9.00 Å². The van der Waals surface area contributed by atoms with Crippen molar-refractivity contribution in [3.63, 3.8) is 0 Å². The number of hydrogen-bond donors (Lipinski definition) is 1. The number of rotatable bonds is 8. The first kappa shape index (κ1) is 19.7. The molecular weight excluding hydrogens is 354 g/mol. The van der Waals surface area contributed by atoms with E-state index in [1.807, 2.05) is 24.3 Å². The van der Waals surface area contributed by atoms with Gasteiger partial charge in [0.05, 0.1) is 28.4 Å². The molecular formula is C19H21NO5S. The van der Waals surface area contributed by atoms with Gasteiger partial charge in [0.25, 0.3) is 5.91 Å². The van der Waals surface area contributed by atoms with Crippen LogP contribution in [0.4, 0.5) is 0 Å². The lowest BCUT2D eigenvalue weighted by Gasteiger charge is -2.09. The van der Waals surface area contributed by atoms with Gasteiger partial charge in [-0.15, -0.1) is 0 Å². The number of amides is 1. The summed E-state index contributed by atoms with van der Waals surface area (Å²) in [5.41, 5.74) is 1.27. The number of esters is 1. The minimum atomic E-state index is -1.31. The molecule has 0 fully saturated rings. The number of carbonyl (C=O) groups is 2. The average molecular weight is 375 g/mol. The first-order valence-electron chi connectivity index (χ1n) is 8.00. The van der Waals surface area contributed by atoms with Gasteiger partial charge in [-0.05, 0) is 36.2 Å². The van der Waals surface area contributed by atoms with E-state index < -0.39 is 16.8 Å². The molecule has 0 saturated carbocycles. The van der Waals surface area contributed by atoms with Crippen LogP contribution in [0.2, 0.25) is 0 Å². The van der Waals surface area contributed by atoms with Crippen molar-refractivity contribution in [1.82, 2.24) is 5.32 Å². The monoisotopic (exact) mass is 375 g/mol. The number of carbonyl (C=O) groups excluding carboxylic acids is 2. The van der Waals surface area contributed by atoms with Crippen molar-refractivity contribution in [2.75, 3.05) is 26.5 Å². The van der Waals surface area contributed by atoms with Crippen molar-refractivity contribution >= 4 is 22.7 Å². The standard InChI is InChI=1S/C19H21NO5S/c1-24-15-9-7-14(8-10-15)11-12-20-18(21)13-25-19(22)16-5-3-4-6-17(16)26(2)23/h3-10H,11-13H2,1-2H3,(H,20,21)/t26-/m0/s1.